The molecule has 2 N–H and O–H groups in total. The maximum absolute atomic E-state index is 12.2. The fourth-order valence-electron chi connectivity index (χ4n) is 3.29. The number of hydrogen-bond acceptors (Lipinski definition) is 6. The normalized spacial score (nSPS) is 28.0. The Labute approximate surface area is 135 Å². The van der Waals surface area contributed by atoms with Crippen molar-refractivity contribution in [2.75, 3.05) is 6.61 Å². The van der Waals surface area contributed by atoms with Crippen LogP contribution in [0.25, 0.3) is 0 Å². The molecule has 0 bridgehead atoms. The Morgan fingerprint density at radius 3 is 2.67 bits per heavy atom. The number of carboxylic acid groups (broad SMARTS) is 1. The van der Waals surface area contributed by atoms with Crippen molar-refractivity contribution in [2.24, 2.45) is 0 Å². The molecule has 2 aliphatic heterocycles. The lowest BCUT2D eigenvalue weighted by atomic mass is 9.80. The van der Waals surface area contributed by atoms with Gasteiger partial charge in [-0.3, -0.25) is 19.8 Å². The van der Waals surface area contributed by atoms with Crippen molar-refractivity contribution in [3.63, 3.8) is 0 Å². The monoisotopic (exact) mass is 334 g/mol. The number of carbonyl (C=O) groups excluding carboxylic acids is 1. The standard InChI is InChI=1S/C15H14N2O7/c18-7-6-10-15(14(20)21,16-11(19)8-12(16)24-10)13(17(22)23)9-4-2-1-3-5-9/h1-6,12-13,18H,7-8H2,(H,20,21)/b10-6-/t12-,13?,15+/m1/s1. The zero-order valence-corrected chi connectivity index (χ0v) is 12.4. The summed E-state index contributed by atoms with van der Waals surface area (Å²) in [7, 11) is 0. The molecule has 0 aromatic heterocycles. The summed E-state index contributed by atoms with van der Waals surface area (Å²) in [5.74, 6) is -2.42. The van der Waals surface area contributed by atoms with Crippen LogP contribution in [0.5, 0.6) is 0 Å². The molecule has 9 nitrogen and oxygen atoms in total. The van der Waals surface area contributed by atoms with E-state index in [1.54, 1.807) is 18.2 Å². The molecule has 0 aliphatic carbocycles. The molecule has 3 atom stereocenters. The van der Waals surface area contributed by atoms with E-state index in [-0.39, 0.29) is 17.7 Å². The third kappa shape index (κ3) is 1.98. The quantitative estimate of drug-likeness (QED) is 0.449. The number of benzene rings is 1. The van der Waals surface area contributed by atoms with Gasteiger partial charge in [0, 0.05) is 10.5 Å². The molecule has 24 heavy (non-hydrogen) atoms. The average Bonchev–Trinajstić information content (AvgIpc) is 2.78. The molecule has 9 heteroatoms. The first-order valence-electron chi connectivity index (χ1n) is 7.16. The molecule has 2 aliphatic rings. The molecule has 3 rings (SSSR count). The number of carboxylic acids is 1. The summed E-state index contributed by atoms with van der Waals surface area (Å²) in [5.41, 5.74) is -2.20. The van der Waals surface area contributed by atoms with E-state index in [2.05, 4.69) is 0 Å². The summed E-state index contributed by atoms with van der Waals surface area (Å²) in [6, 6.07) is 5.80. The molecule has 2 saturated heterocycles. The van der Waals surface area contributed by atoms with Gasteiger partial charge < -0.3 is 14.9 Å². The molecule has 2 heterocycles. The minimum absolute atomic E-state index is 0.0585. The summed E-state index contributed by atoms with van der Waals surface area (Å²) in [6.45, 7) is -0.571. The molecule has 0 radical (unpaired) electrons. The largest absolute Gasteiger partial charge is 0.479 e. The van der Waals surface area contributed by atoms with E-state index in [4.69, 9.17) is 9.84 Å². The smallest absolute Gasteiger partial charge is 0.345 e. The van der Waals surface area contributed by atoms with E-state index in [1.165, 1.54) is 12.1 Å². The summed E-state index contributed by atoms with van der Waals surface area (Å²) in [6.07, 6.45) is 0.119. The van der Waals surface area contributed by atoms with Crippen molar-refractivity contribution in [3.8, 4) is 0 Å². The lowest BCUT2D eigenvalue weighted by Crippen LogP contribution is -2.66. The van der Waals surface area contributed by atoms with Gasteiger partial charge in [0.15, 0.2) is 6.23 Å². The Morgan fingerprint density at radius 2 is 2.17 bits per heavy atom. The van der Waals surface area contributed by atoms with Gasteiger partial charge in [0.25, 0.3) is 11.6 Å². The first-order chi connectivity index (χ1) is 11.4. The third-order valence-electron chi connectivity index (χ3n) is 4.25. The summed E-state index contributed by atoms with van der Waals surface area (Å²) in [4.78, 5) is 36.1. The van der Waals surface area contributed by atoms with Crippen molar-refractivity contribution >= 4 is 11.9 Å². The van der Waals surface area contributed by atoms with Crippen LogP contribution in [0.1, 0.15) is 18.0 Å². The predicted molar refractivity (Wildman–Crippen MR) is 78.0 cm³/mol. The number of amides is 1. The van der Waals surface area contributed by atoms with E-state index in [9.17, 15) is 24.8 Å². The molecule has 1 aromatic rings. The Bertz CT molecular complexity index is 733. The number of aliphatic carboxylic acids is 1. The van der Waals surface area contributed by atoms with Gasteiger partial charge in [-0.1, -0.05) is 30.3 Å². The molecule has 1 amide bonds. The molecular weight excluding hydrogens is 320 g/mol. The van der Waals surface area contributed by atoms with Gasteiger partial charge in [0.1, 0.15) is 5.76 Å². The molecule has 1 aromatic carbocycles. The highest BCUT2D eigenvalue weighted by molar-refractivity contribution is 5.95. The topological polar surface area (TPSA) is 130 Å². The summed E-state index contributed by atoms with van der Waals surface area (Å²) < 4.78 is 5.42. The zero-order valence-electron chi connectivity index (χ0n) is 12.4. The van der Waals surface area contributed by atoms with Crippen LogP contribution >= 0.6 is 0 Å². The van der Waals surface area contributed by atoms with Crippen molar-refractivity contribution in [1.82, 2.24) is 4.90 Å². The molecular formula is C15H14N2O7. The van der Waals surface area contributed by atoms with Crippen LogP contribution in [0, 0.1) is 10.1 Å². The number of aliphatic hydroxyl groups is 1. The van der Waals surface area contributed by atoms with Gasteiger partial charge in [-0.2, -0.15) is 0 Å². The number of nitro groups is 1. The number of rotatable bonds is 5. The molecule has 0 saturated carbocycles. The maximum atomic E-state index is 12.2. The number of fused-ring (bicyclic) bond motifs is 1. The minimum Gasteiger partial charge on any atom is -0.479 e. The highest BCUT2D eigenvalue weighted by Gasteiger charge is 2.72. The lowest BCUT2D eigenvalue weighted by molar-refractivity contribution is -0.540. The SMILES string of the molecule is O=C1C[C@H]2O/C(=C\CO)[C@@](C(=O)O)(C(c3ccccc3)[N+](=O)[O-])N12. The van der Waals surface area contributed by atoms with Crippen LogP contribution in [-0.4, -0.2) is 50.3 Å². The van der Waals surface area contributed by atoms with Crippen LogP contribution in [0.3, 0.4) is 0 Å². The fourth-order valence-corrected chi connectivity index (χ4v) is 3.29. The predicted octanol–water partition coefficient (Wildman–Crippen LogP) is 0.293. The number of ether oxygens (including phenoxy) is 1. The highest BCUT2D eigenvalue weighted by atomic mass is 16.6. The Kier molecular flexibility index (Phi) is 3.72. The van der Waals surface area contributed by atoms with Crippen molar-refractivity contribution in [3.05, 3.63) is 57.8 Å². The van der Waals surface area contributed by atoms with Gasteiger partial charge in [0.2, 0.25) is 5.91 Å². The van der Waals surface area contributed by atoms with Crippen molar-refractivity contribution in [2.45, 2.75) is 24.2 Å². The van der Waals surface area contributed by atoms with Gasteiger partial charge in [-0.05, 0) is 6.08 Å². The fraction of sp³-hybridized carbons (Fsp3) is 0.333. The Balaban J connectivity index is 2.26. The number of aliphatic hydroxyl groups excluding tert-OH is 1. The van der Waals surface area contributed by atoms with E-state index in [1.807, 2.05) is 0 Å². The van der Waals surface area contributed by atoms with Gasteiger partial charge in [-0.25, -0.2) is 4.79 Å². The first-order valence-corrected chi connectivity index (χ1v) is 7.16. The van der Waals surface area contributed by atoms with Gasteiger partial charge >= 0.3 is 5.97 Å². The second-order valence-corrected chi connectivity index (χ2v) is 5.46. The molecule has 2 fully saturated rings. The molecule has 0 spiro atoms. The Hall–Kier alpha value is -2.94. The van der Waals surface area contributed by atoms with E-state index >= 15 is 0 Å². The average molecular weight is 334 g/mol. The van der Waals surface area contributed by atoms with Gasteiger partial charge in [0.05, 0.1) is 13.0 Å². The van der Waals surface area contributed by atoms with Crippen LogP contribution in [0.15, 0.2) is 42.2 Å². The summed E-state index contributed by atoms with van der Waals surface area (Å²) in [5, 5.41) is 30.8. The van der Waals surface area contributed by atoms with E-state index in [0.717, 1.165) is 11.0 Å². The number of carbonyl (C=O) groups is 2. The van der Waals surface area contributed by atoms with Gasteiger partial charge in [-0.15, -0.1) is 0 Å². The van der Waals surface area contributed by atoms with Crippen LogP contribution in [-0.2, 0) is 14.3 Å². The minimum atomic E-state index is -2.33. The molecule has 1 unspecified atom stereocenters. The second kappa shape index (κ2) is 5.60. The van der Waals surface area contributed by atoms with Crippen LogP contribution in [0.2, 0.25) is 0 Å². The third-order valence-corrected chi connectivity index (χ3v) is 4.25. The zero-order chi connectivity index (χ0) is 17.5. The molecule has 126 valence electrons. The maximum Gasteiger partial charge on any atom is 0.345 e. The number of nitrogens with zero attached hydrogens (tertiary/aromatic N) is 2. The van der Waals surface area contributed by atoms with Crippen LogP contribution in [0.4, 0.5) is 0 Å². The highest BCUT2D eigenvalue weighted by Crippen LogP contribution is 2.51. The van der Waals surface area contributed by atoms with Crippen LogP contribution < -0.4 is 0 Å². The second-order valence-electron chi connectivity index (χ2n) is 5.46. The lowest BCUT2D eigenvalue weighted by Gasteiger charge is -2.41. The Morgan fingerprint density at radius 1 is 1.50 bits per heavy atom. The number of β-lactam (4-membered cyclic amide) rings is 1. The summed E-state index contributed by atoms with van der Waals surface area (Å²) >= 11 is 0. The van der Waals surface area contributed by atoms with E-state index < -0.39 is 41.2 Å². The van der Waals surface area contributed by atoms with Crippen molar-refractivity contribution < 1.29 is 29.5 Å². The van der Waals surface area contributed by atoms with E-state index in [0.29, 0.717) is 0 Å². The number of hydrogen-bond donors (Lipinski definition) is 2. The first kappa shape index (κ1) is 15.9. The van der Waals surface area contributed by atoms with Crippen molar-refractivity contribution in [1.29, 1.82) is 0 Å².